The van der Waals surface area contributed by atoms with Crippen LogP contribution in [0, 0.1) is 0 Å². The molecule has 0 bridgehead atoms. The molecule has 1 aromatic carbocycles. The number of aliphatic carboxylic acids is 1. The summed E-state index contributed by atoms with van der Waals surface area (Å²) in [6.45, 7) is 0. The number of methoxy groups -OCH3 is 1. The summed E-state index contributed by atoms with van der Waals surface area (Å²) < 4.78 is 10.1. The van der Waals surface area contributed by atoms with E-state index in [9.17, 15) is 4.79 Å². The summed E-state index contributed by atoms with van der Waals surface area (Å²) in [5.74, 6) is -0.949. The Morgan fingerprint density at radius 3 is 3.00 bits per heavy atom. The molecule has 0 spiro atoms. The fourth-order valence-corrected chi connectivity index (χ4v) is 1.63. The standard InChI is InChI=1S/C12H12O4/c1-15-11(12(13)14)7-8-2-3-10-9(6-8)4-5-16-10/h2-6,11H,7H2,1H3,(H,13,14). The molecule has 84 valence electrons. The number of furan rings is 1. The van der Waals surface area contributed by atoms with Crippen molar-refractivity contribution in [1.82, 2.24) is 0 Å². The van der Waals surface area contributed by atoms with Gasteiger partial charge in [-0.05, 0) is 23.8 Å². The fourth-order valence-electron chi connectivity index (χ4n) is 1.63. The molecule has 16 heavy (non-hydrogen) atoms. The van der Waals surface area contributed by atoms with Crippen LogP contribution in [-0.4, -0.2) is 24.3 Å². The van der Waals surface area contributed by atoms with E-state index in [0.717, 1.165) is 16.5 Å². The maximum atomic E-state index is 10.8. The SMILES string of the molecule is COC(Cc1ccc2occc2c1)C(=O)O. The van der Waals surface area contributed by atoms with Crippen molar-refractivity contribution in [3.05, 3.63) is 36.1 Å². The molecule has 0 radical (unpaired) electrons. The highest BCUT2D eigenvalue weighted by atomic mass is 16.5. The normalized spacial score (nSPS) is 12.8. The molecule has 0 amide bonds. The first-order valence-electron chi connectivity index (χ1n) is 4.92. The van der Waals surface area contributed by atoms with E-state index in [1.165, 1.54) is 7.11 Å². The average molecular weight is 220 g/mol. The summed E-state index contributed by atoms with van der Waals surface area (Å²) in [7, 11) is 1.40. The highest BCUT2D eigenvalue weighted by Crippen LogP contribution is 2.18. The number of carboxylic acid groups (broad SMARTS) is 1. The van der Waals surface area contributed by atoms with Gasteiger partial charge < -0.3 is 14.3 Å². The van der Waals surface area contributed by atoms with E-state index in [0.29, 0.717) is 6.42 Å². The Labute approximate surface area is 92.4 Å². The Hall–Kier alpha value is -1.81. The molecule has 0 saturated carbocycles. The van der Waals surface area contributed by atoms with Gasteiger partial charge in [0.05, 0.1) is 6.26 Å². The van der Waals surface area contributed by atoms with Gasteiger partial charge in [-0.2, -0.15) is 0 Å². The van der Waals surface area contributed by atoms with E-state index >= 15 is 0 Å². The summed E-state index contributed by atoms with van der Waals surface area (Å²) in [4.78, 5) is 10.8. The number of carbonyl (C=O) groups is 1. The molecule has 1 N–H and O–H groups in total. The molecule has 0 aliphatic carbocycles. The second-order valence-electron chi connectivity index (χ2n) is 3.56. The first-order valence-corrected chi connectivity index (χ1v) is 4.92. The second kappa shape index (κ2) is 4.37. The van der Waals surface area contributed by atoms with Crippen molar-refractivity contribution in [1.29, 1.82) is 0 Å². The van der Waals surface area contributed by atoms with Crippen LogP contribution in [0.2, 0.25) is 0 Å². The lowest BCUT2D eigenvalue weighted by Gasteiger charge is -2.09. The first-order chi connectivity index (χ1) is 7.70. The number of hydrogen-bond acceptors (Lipinski definition) is 3. The molecule has 2 aromatic rings. The van der Waals surface area contributed by atoms with Gasteiger partial charge in [-0.3, -0.25) is 0 Å². The van der Waals surface area contributed by atoms with Crippen LogP contribution in [-0.2, 0) is 16.0 Å². The molecule has 2 rings (SSSR count). The van der Waals surface area contributed by atoms with Crippen LogP contribution < -0.4 is 0 Å². The number of benzene rings is 1. The minimum absolute atomic E-state index is 0.354. The van der Waals surface area contributed by atoms with Gasteiger partial charge in [0.1, 0.15) is 5.58 Å². The Kier molecular flexibility index (Phi) is 2.92. The van der Waals surface area contributed by atoms with Crippen LogP contribution in [0.15, 0.2) is 34.9 Å². The van der Waals surface area contributed by atoms with Crippen molar-refractivity contribution in [2.24, 2.45) is 0 Å². The molecular formula is C12H12O4. The van der Waals surface area contributed by atoms with E-state index in [4.69, 9.17) is 14.3 Å². The fraction of sp³-hybridized carbons (Fsp3) is 0.250. The third kappa shape index (κ3) is 2.06. The summed E-state index contributed by atoms with van der Waals surface area (Å²) in [6, 6.07) is 7.44. The van der Waals surface area contributed by atoms with Gasteiger partial charge in [0.15, 0.2) is 6.10 Å². The molecule has 1 aromatic heterocycles. The minimum atomic E-state index is -0.949. The van der Waals surface area contributed by atoms with E-state index in [1.807, 2.05) is 24.3 Å². The molecule has 1 unspecified atom stereocenters. The van der Waals surface area contributed by atoms with Crippen molar-refractivity contribution in [2.75, 3.05) is 7.11 Å². The van der Waals surface area contributed by atoms with Crippen molar-refractivity contribution in [3.8, 4) is 0 Å². The van der Waals surface area contributed by atoms with E-state index in [-0.39, 0.29) is 0 Å². The maximum Gasteiger partial charge on any atom is 0.333 e. The largest absolute Gasteiger partial charge is 0.479 e. The van der Waals surface area contributed by atoms with Crippen molar-refractivity contribution in [3.63, 3.8) is 0 Å². The van der Waals surface area contributed by atoms with Gasteiger partial charge in [0.25, 0.3) is 0 Å². The molecule has 0 saturated heterocycles. The number of rotatable bonds is 4. The predicted molar refractivity (Wildman–Crippen MR) is 58.4 cm³/mol. The van der Waals surface area contributed by atoms with Gasteiger partial charge in [-0.1, -0.05) is 6.07 Å². The van der Waals surface area contributed by atoms with Gasteiger partial charge >= 0.3 is 5.97 Å². The van der Waals surface area contributed by atoms with Gasteiger partial charge in [-0.15, -0.1) is 0 Å². The van der Waals surface area contributed by atoms with E-state index in [1.54, 1.807) is 6.26 Å². The quantitative estimate of drug-likeness (QED) is 0.856. The number of hydrogen-bond donors (Lipinski definition) is 1. The lowest BCUT2D eigenvalue weighted by molar-refractivity contribution is -0.148. The van der Waals surface area contributed by atoms with Gasteiger partial charge in [0.2, 0.25) is 0 Å². The third-order valence-corrected chi connectivity index (χ3v) is 2.50. The molecular weight excluding hydrogens is 208 g/mol. The number of carboxylic acids is 1. The number of ether oxygens (including phenoxy) is 1. The third-order valence-electron chi connectivity index (χ3n) is 2.50. The molecule has 4 nitrogen and oxygen atoms in total. The topological polar surface area (TPSA) is 59.7 Å². The van der Waals surface area contributed by atoms with Crippen LogP contribution >= 0.6 is 0 Å². The van der Waals surface area contributed by atoms with Crippen LogP contribution in [0.4, 0.5) is 0 Å². The zero-order valence-electron chi connectivity index (χ0n) is 8.84. The van der Waals surface area contributed by atoms with E-state index in [2.05, 4.69) is 0 Å². The lowest BCUT2D eigenvalue weighted by Crippen LogP contribution is -2.24. The molecule has 0 fully saturated rings. The lowest BCUT2D eigenvalue weighted by atomic mass is 10.1. The molecule has 1 heterocycles. The van der Waals surface area contributed by atoms with Crippen LogP contribution in [0.25, 0.3) is 11.0 Å². The zero-order valence-corrected chi connectivity index (χ0v) is 8.84. The first kappa shape index (κ1) is 10.7. The second-order valence-corrected chi connectivity index (χ2v) is 3.56. The molecule has 4 heteroatoms. The smallest absolute Gasteiger partial charge is 0.333 e. The molecule has 0 aliphatic rings. The highest BCUT2D eigenvalue weighted by molar-refractivity contribution is 5.78. The van der Waals surface area contributed by atoms with E-state index < -0.39 is 12.1 Å². The Morgan fingerprint density at radius 2 is 2.31 bits per heavy atom. The predicted octanol–water partition coefficient (Wildman–Crippen LogP) is 2.07. The molecule has 1 atom stereocenters. The van der Waals surface area contributed by atoms with Gasteiger partial charge in [0, 0.05) is 18.9 Å². The molecule has 0 aliphatic heterocycles. The highest BCUT2D eigenvalue weighted by Gasteiger charge is 2.16. The summed E-state index contributed by atoms with van der Waals surface area (Å²) in [5, 5.41) is 9.83. The van der Waals surface area contributed by atoms with Crippen LogP contribution in [0.5, 0.6) is 0 Å². The minimum Gasteiger partial charge on any atom is -0.479 e. The summed E-state index contributed by atoms with van der Waals surface area (Å²) >= 11 is 0. The van der Waals surface area contributed by atoms with Gasteiger partial charge in [-0.25, -0.2) is 4.79 Å². The van der Waals surface area contributed by atoms with Crippen LogP contribution in [0.3, 0.4) is 0 Å². The van der Waals surface area contributed by atoms with Crippen LogP contribution in [0.1, 0.15) is 5.56 Å². The van der Waals surface area contributed by atoms with Crippen molar-refractivity contribution < 1.29 is 19.1 Å². The summed E-state index contributed by atoms with van der Waals surface area (Å²) in [5.41, 5.74) is 1.72. The Morgan fingerprint density at radius 1 is 1.50 bits per heavy atom. The average Bonchev–Trinajstić information content (AvgIpc) is 2.72. The zero-order chi connectivity index (χ0) is 11.5. The Balaban J connectivity index is 2.23. The Bertz CT molecular complexity index is 500. The van der Waals surface area contributed by atoms with Crippen molar-refractivity contribution >= 4 is 16.9 Å². The number of fused-ring (bicyclic) bond motifs is 1. The van der Waals surface area contributed by atoms with Crippen molar-refractivity contribution in [2.45, 2.75) is 12.5 Å². The maximum absolute atomic E-state index is 10.8. The monoisotopic (exact) mass is 220 g/mol. The summed E-state index contributed by atoms with van der Waals surface area (Å²) in [6.07, 6.45) is 1.16.